The molecule has 0 N–H and O–H groups in total. The zero-order chi connectivity index (χ0) is 23.5. The third-order valence-electron chi connectivity index (χ3n) is 7.18. The summed E-state index contributed by atoms with van der Waals surface area (Å²) in [5.41, 5.74) is 1.03. The van der Waals surface area contributed by atoms with Gasteiger partial charge in [-0.1, -0.05) is 13.8 Å². The summed E-state index contributed by atoms with van der Waals surface area (Å²) in [6.07, 6.45) is 3.23. The molecule has 1 aromatic heterocycles. The Morgan fingerprint density at radius 1 is 1.03 bits per heavy atom. The van der Waals surface area contributed by atoms with Gasteiger partial charge in [-0.3, -0.25) is 19.4 Å². The number of carbonyl (C=O) groups is 2. The van der Waals surface area contributed by atoms with Gasteiger partial charge >= 0.3 is 0 Å². The Bertz CT molecular complexity index is 824. The van der Waals surface area contributed by atoms with Gasteiger partial charge < -0.3 is 14.5 Å². The van der Waals surface area contributed by atoms with E-state index in [2.05, 4.69) is 28.6 Å². The van der Waals surface area contributed by atoms with Crippen LogP contribution in [-0.4, -0.2) is 107 Å². The predicted molar refractivity (Wildman–Crippen MR) is 130 cm³/mol. The summed E-state index contributed by atoms with van der Waals surface area (Å²) in [5.74, 6) is 0.231. The van der Waals surface area contributed by atoms with Crippen LogP contribution in [-0.2, 0) is 22.5 Å². The molecule has 0 aliphatic carbocycles. The van der Waals surface area contributed by atoms with Crippen molar-refractivity contribution in [2.45, 2.75) is 71.8 Å². The van der Waals surface area contributed by atoms with E-state index in [-0.39, 0.29) is 24.0 Å². The number of hydrogen-bond acceptors (Lipinski definition) is 7. The highest BCUT2D eigenvalue weighted by Crippen LogP contribution is 2.27. The van der Waals surface area contributed by atoms with Crippen molar-refractivity contribution in [1.82, 2.24) is 24.6 Å². The lowest BCUT2D eigenvalue weighted by Gasteiger charge is -2.39. The monoisotopic (exact) mass is 477 g/mol. The van der Waals surface area contributed by atoms with Crippen LogP contribution >= 0.6 is 11.3 Å². The lowest BCUT2D eigenvalue weighted by molar-refractivity contribution is -0.134. The van der Waals surface area contributed by atoms with Crippen LogP contribution in [0.3, 0.4) is 0 Å². The smallest absolute Gasteiger partial charge is 0.283 e. The van der Waals surface area contributed by atoms with Gasteiger partial charge in [0.25, 0.3) is 5.91 Å². The van der Waals surface area contributed by atoms with Gasteiger partial charge in [-0.2, -0.15) is 0 Å². The van der Waals surface area contributed by atoms with Crippen molar-refractivity contribution in [3.8, 4) is 0 Å². The van der Waals surface area contributed by atoms with Gasteiger partial charge in [0.2, 0.25) is 5.91 Å². The summed E-state index contributed by atoms with van der Waals surface area (Å²) in [6.45, 7) is 15.3. The molecule has 9 heteroatoms. The average Bonchev–Trinajstić information content (AvgIpc) is 3.22. The number of amides is 2. The Morgan fingerprint density at radius 2 is 1.70 bits per heavy atom. The Balaban J connectivity index is 1.30. The van der Waals surface area contributed by atoms with Crippen molar-refractivity contribution >= 4 is 23.2 Å². The molecule has 0 spiro atoms. The fourth-order valence-corrected chi connectivity index (χ4v) is 6.50. The van der Waals surface area contributed by atoms with Crippen LogP contribution < -0.4 is 0 Å². The molecule has 4 rings (SSSR count). The van der Waals surface area contributed by atoms with Crippen LogP contribution in [0.1, 0.15) is 60.9 Å². The highest BCUT2D eigenvalue weighted by Gasteiger charge is 2.31. The Labute approximate surface area is 201 Å². The average molecular weight is 478 g/mol. The molecule has 33 heavy (non-hydrogen) atoms. The first-order chi connectivity index (χ1) is 15.9. The summed E-state index contributed by atoms with van der Waals surface area (Å²) in [7, 11) is 0. The number of aromatic nitrogens is 1. The fourth-order valence-electron chi connectivity index (χ4n) is 5.39. The number of thiazole rings is 1. The molecule has 3 aliphatic heterocycles. The number of ether oxygens (including phenoxy) is 1. The SMILES string of the molecule is CCC(CC)N1CCN(C(=O)CN2CCc3nc(C(=O)N4CC(C)OC(C)C4)sc3C2)CC1. The lowest BCUT2D eigenvalue weighted by atomic mass is 10.1. The third-order valence-corrected chi connectivity index (χ3v) is 8.26. The Morgan fingerprint density at radius 3 is 2.33 bits per heavy atom. The molecule has 0 aromatic carbocycles. The molecular weight excluding hydrogens is 438 g/mol. The Hall–Kier alpha value is -1.55. The van der Waals surface area contributed by atoms with Crippen molar-refractivity contribution in [1.29, 1.82) is 0 Å². The van der Waals surface area contributed by atoms with E-state index in [0.717, 1.165) is 49.7 Å². The first-order valence-corrected chi connectivity index (χ1v) is 13.4. The maximum absolute atomic E-state index is 13.0. The number of nitrogens with zero attached hydrogens (tertiary/aromatic N) is 5. The van der Waals surface area contributed by atoms with E-state index >= 15 is 0 Å². The van der Waals surface area contributed by atoms with Crippen LogP contribution in [0.25, 0.3) is 0 Å². The molecule has 2 amide bonds. The molecule has 3 aliphatic rings. The molecule has 2 fully saturated rings. The molecule has 2 atom stereocenters. The molecule has 0 saturated carbocycles. The van der Waals surface area contributed by atoms with Gasteiger partial charge in [-0.05, 0) is 26.7 Å². The van der Waals surface area contributed by atoms with E-state index in [1.54, 1.807) is 0 Å². The van der Waals surface area contributed by atoms with Crippen LogP contribution in [0.5, 0.6) is 0 Å². The summed E-state index contributed by atoms with van der Waals surface area (Å²) < 4.78 is 5.76. The van der Waals surface area contributed by atoms with Crippen LogP contribution in [0.15, 0.2) is 0 Å². The number of morpholine rings is 1. The Kier molecular flexibility index (Phi) is 8.04. The van der Waals surface area contributed by atoms with Gasteiger partial charge in [-0.25, -0.2) is 4.98 Å². The van der Waals surface area contributed by atoms with Gasteiger partial charge in [-0.15, -0.1) is 11.3 Å². The summed E-state index contributed by atoms with van der Waals surface area (Å²) >= 11 is 1.50. The minimum atomic E-state index is 0.00867. The van der Waals surface area contributed by atoms with Crippen molar-refractivity contribution < 1.29 is 14.3 Å². The molecule has 2 unspecified atom stereocenters. The number of hydrogen-bond donors (Lipinski definition) is 0. The quantitative estimate of drug-likeness (QED) is 0.625. The molecule has 0 bridgehead atoms. The maximum Gasteiger partial charge on any atom is 0.283 e. The number of piperazine rings is 1. The molecule has 2 saturated heterocycles. The summed E-state index contributed by atoms with van der Waals surface area (Å²) in [4.78, 5) is 40.4. The molecule has 184 valence electrons. The normalized spacial score (nSPS) is 24.9. The van der Waals surface area contributed by atoms with Crippen LogP contribution in [0.4, 0.5) is 0 Å². The first-order valence-electron chi connectivity index (χ1n) is 12.5. The highest BCUT2D eigenvalue weighted by atomic mass is 32.1. The second kappa shape index (κ2) is 10.8. The van der Waals surface area contributed by atoms with Gasteiger partial charge in [0.05, 0.1) is 24.4 Å². The van der Waals surface area contributed by atoms with Crippen molar-refractivity contribution in [3.05, 3.63) is 15.6 Å². The minimum Gasteiger partial charge on any atom is -0.372 e. The largest absolute Gasteiger partial charge is 0.372 e. The zero-order valence-electron chi connectivity index (χ0n) is 20.6. The predicted octanol–water partition coefficient (Wildman–Crippen LogP) is 2.08. The van der Waals surface area contributed by atoms with Gasteiger partial charge in [0, 0.05) is 69.7 Å². The lowest BCUT2D eigenvalue weighted by Crippen LogP contribution is -2.53. The fraction of sp³-hybridized carbons (Fsp3) is 0.792. The van der Waals surface area contributed by atoms with E-state index in [1.807, 2.05) is 23.6 Å². The van der Waals surface area contributed by atoms with Crippen molar-refractivity contribution in [2.24, 2.45) is 0 Å². The molecule has 4 heterocycles. The second-order valence-corrected chi connectivity index (χ2v) is 10.8. The molecule has 1 aromatic rings. The van der Waals surface area contributed by atoms with Gasteiger partial charge in [0.1, 0.15) is 0 Å². The van der Waals surface area contributed by atoms with Crippen molar-refractivity contribution in [2.75, 3.05) is 52.4 Å². The minimum absolute atomic E-state index is 0.00867. The number of fused-ring (bicyclic) bond motifs is 1. The second-order valence-electron chi connectivity index (χ2n) is 9.70. The standard InChI is InChI=1S/C24H39N5O3S/c1-5-19(6-2)27-9-11-28(12-10-27)22(30)16-26-8-7-20-21(15-26)33-23(25-20)24(31)29-13-17(3)32-18(4)14-29/h17-19H,5-16H2,1-4H3. The first kappa shape index (κ1) is 24.6. The number of rotatable bonds is 6. The molecule has 8 nitrogen and oxygen atoms in total. The van der Waals surface area contributed by atoms with E-state index < -0.39 is 0 Å². The number of carbonyl (C=O) groups excluding carboxylic acids is 2. The van der Waals surface area contributed by atoms with E-state index in [4.69, 9.17) is 4.74 Å². The van der Waals surface area contributed by atoms with Gasteiger partial charge in [0.15, 0.2) is 5.01 Å². The summed E-state index contributed by atoms with van der Waals surface area (Å²) in [5, 5.41) is 0.576. The summed E-state index contributed by atoms with van der Waals surface area (Å²) in [6, 6.07) is 0.634. The van der Waals surface area contributed by atoms with E-state index in [0.29, 0.717) is 37.2 Å². The third kappa shape index (κ3) is 5.75. The van der Waals surface area contributed by atoms with Crippen molar-refractivity contribution in [3.63, 3.8) is 0 Å². The highest BCUT2D eigenvalue weighted by molar-refractivity contribution is 7.13. The molecule has 0 radical (unpaired) electrons. The zero-order valence-corrected chi connectivity index (χ0v) is 21.4. The topological polar surface area (TPSA) is 69.2 Å². The van der Waals surface area contributed by atoms with Crippen LogP contribution in [0, 0.1) is 0 Å². The molecular formula is C24H39N5O3S. The maximum atomic E-state index is 13.0. The van der Waals surface area contributed by atoms with E-state index in [9.17, 15) is 9.59 Å². The van der Waals surface area contributed by atoms with E-state index in [1.165, 1.54) is 24.2 Å². The van der Waals surface area contributed by atoms with Crippen LogP contribution in [0.2, 0.25) is 0 Å².